The summed E-state index contributed by atoms with van der Waals surface area (Å²) in [6, 6.07) is 3.62. The van der Waals surface area contributed by atoms with Gasteiger partial charge in [0.2, 0.25) is 0 Å². The molecule has 0 saturated carbocycles. The molecule has 0 radical (unpaired) electrons. The van der Waals surface area contributed by atoms with Crippen LogP contribution in [0.1, 0.15) is 18.7 Å². The van der Waals surface area contributed by atoms with Gasteiger partial charge in [-0.15, -0.1) is 11.3 Å². The largest absolute Gasteiger partial charge is 0.380 e. The van der Waals surface area contributed by atoms with E-state index < -0.39 is 11.5 Å². The third kappa shape index (κ3) is 3.00. The summed E-state index contributed by atoms with van der Waals surface area (Å²) in [4.78, 5) is 17.7. The number of nitrogens with two attached hydrogens (primary N) is 1. The molecule has 2 rings (SSSR count). The Hall–Kier alpha value is -1.86. The maximum absolute atomic E-state index is 12.1. The van der Waals surface area contributed by atoms with Gasteiger partial charge in [0.1, 0.15) is 0 Å². The Bertz CT molecular complexity index is 634. The van der Waals surface area contributed by atoms with E-state index in [2.05, 4.69) is 10.3 Å². The van der Waals surface area contributed by atoms with E-state index in [1.165, 1.54) is 28.4 Å². The summed E-state index contributed by atoms with van der Waals surface area (Å²) in [7, 11) is 0. The summed E-state index contributed by atoms with van der Waals surface area (Å²) in [6.07, 6.45) is 2.98. The lowest BCUT2D eigenvalue weighted by atomic mass is 10.1. The van der Waals surface area contributed by atoms with E-state index >= 15 is 0 Å². The minimum atomic E-state index is -1.04. The number of carbonyl (C=O) groups is 1. The Morgan fingerprint density at radius 2 is 2.35 bits per heavy atom. The van der Waals surface area contributed by atoms with Crippen LogP contribution in [0.5, 0.6) is 0 Å². The Kier molecular flexibility index (Phi) is 4.10. The second-order valence-electron chi connectivity index (χ2n) is 4.49. The molecular formula is C12H13ClN4O2S. The van der Waals surface area contributed by atoms with Crippen LogP contribution in [0.15, 0.2) is 35.1 Å². The molecule has 0 unspecified atom stereocenters. The lowest BCUT2D eigenvalue weighted by Crippen LogP contribution is -2.37. The van der Waals surface area contributed by atoms with Crippen LogP contribution in [0.4, 0.5) is 0 Å². The lowest BCUT2D eigenvalue weighted by Gasteiger charge is -2.20. The molecule has 20 heavy (non-hydrogen) atoms. The molecule has 0 aliphatic carbocycles. The molecule has 106 valence electrons. The summed E-state index contributed by atoms with van der Waals surface area (Å²) >= 11 is 7.19. The Balaban J connectivity index is 2.10. The molecule has 0 aliphatic heterocycles. The first-order valence-electron chi connectivity index (χ1n) is 5.70. The van der Waals surface area contributed by atoms with E-state index in [9.17, 15) is 4.79 Å². The normalized spacial score (nSPS) is 12.4. The molecule has 2 N–H and O–H groups in total. The minimum absolute atomic E-state index is 0.155. The molecule has 0 atom stereocenters. The zero-order valence-electron chi connectivity index (χ0n) is 10.9. The minimum Gasteiger partial charge on any atom is -0.380 e. The molecule has 2 heterocycles. The van der Waals surface area contributed by atoms with Crippen molar-refractivity contribution in [1.29, 1.82) is 0 Å². The van der Waals surface area contributed by atoms with Gasteiger partial charge in [0, 0.05) is 6.20 Å². The summed E-state index contributed by atoms with van der Waals surface area (Å²) < 4.78 is 1.41. The van der Waals surface area contributed by atoms with Crippen molar-refractivity contribution in [2.24, 2.45) is 10.9 Å². The Morgan fingerprint density at radius 3 is 2.90 bits per heavy atom. The maximum Gasteiger partial charge on any atom is 0.361 e. The number of hydrogen-bond donors (Lipinski definition) is 1. The number of aromatic nitrogens is 2. The Morgan fingerprint density at radius 1 is 1.60 bits per heavy atom. The SMILES string of the molecule is CC(C)(C(=O)O/N=C(\N)c1cccs1)n1cc(Cl)cn1. The number of amidine groups is 1. The van der Waals surface area contributed by atoms with E-state index in [0.717, 1.165) is 4.88 Å². The first-order valence-corrected chi connectivity index (χ1v) is 6.96. The average Bonchev–Trinajstić information content (AvgIpc) is 3.06. The molecule has 2 aromatic rings. The zero-order valence-corrected chi connectivity index (χ0v) is 12.5. The van der Waals surface area contributed by atoms with Crippen molar-refractivity contribution in [2.75, 3.05) is 0 Å². The highest BCUT2D eigenvalue weighted by atomic mass is 35.5. The topological polar surface area (TPSA) is 82.5 Å². The fourth-order valence-electron chi connectivity index (χ4n) is 1.37. The number of nitrogens with zero attached hydrogens (tertiary/aromatic N) is 3. The van der Waals surface area contributed by atoms with Crippen molar-refractivity contribution in [3.8, 4) is 0 Å². The summed E-state index contributed by atoms with van der Waals surface area (Å²) in [5.41, 5.74) is 4.68. The van der Waals surface area contributed by atoms with E-state index in [1.807, 2.05) is 11.4 Å². The summed E-state index contributed by atoms with van der Waals surface area (Å²) in [5, 5.41) is 9.93. The van der Waals surface area contributed by atoms with Gasteiger partial charge in [0.15, 0.2) is 11.4 Å². The molecule has 0 spiro atoms. The maximum atomic E-state index is 12.1. The van der Waals surface area contributed by atoms with Crippen LogP contribution in [-0.2, 0) is 15.2 Å². The van der Waals surface area contributed by atoms with Gasteiger partial charge >= 0.3 is 5.97 Å². The molecule has 0 aliphatic rings. The monoisotopic (exact) mass is 312 g/mol. The van der Waals surface area contributed by atoms with Gasteiger partial charge in [0.25, 0.3) is 0 Å². The number of thiophene rings is 1. The lowest BCUT2D eigenvalue weighted by molar-refractivity contribution is -0.153. The van der Waals surface area contributed by atoms with E-state index in [4.69, 9.17) is 22.2 Å². The second-order valence-corrected chi connectivity index (χ2v) is 5.88. The molecular weight excluding hydrogens is 300 g/mol. The first kappa shape index (κ1) is 14.5. The number of hydrogen-bond acceptors (Lipinski definition) is 5. The highest BCUT2D eigenvalue weighted by molar-refractivity contribution is 7.12. The first-order chi connectivity index (χ1) is 9.41. The molecule has 2 aromatic heterocycles. The van der Waals surface area contributed by atoms with Gasteiger partial charge in [-0.05, 0) is 25.3 Å². The van der Waals surface area contributed by atoms with Crippen molar-refractivity contribution in [3.05, 3.63) is 39.8 Å². The van der Waals surface area contributed by atoms with Crippen molar-refractivity contribution < 1.29 is 9.63 Å². The van der Waals surface area contributed by atoms with Crippen molar-refractivity contribution in [3.63, 3.8) is 0 Å². The summed E-state index contributed by atoms with van der Waals surface area (Å²) in [5.74, 6) is -0.431. The predicted octanol–water partition coefficient (Wildman–Crippen LogP) is 2.20. The third-order valence-corrected chi connectivity index (χ3v) is 3.71. The van der Waals surface area contributed by atoms with Crippen molar-refractivity contribution in [1.82, 2.24) is 9.78 Å². The molecule has 6 nitrogen and oxygen atoms in total. The zero-order chi connectivity index (χ0) is 14.8. The van der Waals surface area contributed by atoms with Crippen LogP contribution in [0.25, 0.3) is 0 Å². The fourth-order valence-corrected chi connectivity index (χ4v) is 2.13. The quantitative estimate of drug-likeness (QED) is 0.406. The van der Waals surface area contributed by atoms with E-state index in [1.54, 1.807) is 19.9 Å². The highest BCUT2D eigenvalue weighted by Gasteiger charge is 2.33. The van der Waals surface area contributed by atoms with E-state index in [0.29, 0.717) is 5.02 Å². The molecule has 0 saturated heterocycles. The number of halogens is 1. The molecule has 0 amide bonds. The molecule has 0 bridgehead atoms. The van der Waals surface area contributed by atoms with Crippen LogP contribution in [-0.4, -0.2) is 21.6 Å². The summed E-state index contributed by atoms with van der Waals surface area (Å²) in [6.45, 7) is 3.30. The fraction of sp³-hybridized carbons (Fsp3) is 0.250. The third-order valence-electron chi connectivity index (χ3n) is 2.62. The van der Waals surface area contributed by atoms with Gasteiger partial charge in [-0.2, -0.15) is 5.10 Å². The number of oxime groups is 1. The van der Waals surface area contributed by atoms with Gasteiger partial charge in [-0.25, -0.2) is 4.79 Å². The number of rotatable bonds is 4. The van der Waals surface area contributed by atoms with Crippen molar-refractivity contribution >= 4 is 34.7 Å². The van der Waals surface area contributed by atoms with Crippen LogP contribution in [0.3, 0.4) is 0 Å². The van der Waals surface area contributed by atoms with Gasteiger partial charge < -0.3 is 10.6 Å². The van der Waals surface area contributed by atoms with Crippen molar-refractivity contribution in [2.45, 2.75) is 19.4 Å². The Labute approximate surface area is 124 Å². The molecule has 0 aromatic carbocycles. The van der Waals surface area contributed by atoms with Crippen LogP contribution in [0.2, 0.25) is 5.02 Å². The van der Waals surface area contributed by atoms with E-state index in [-0.39, 0.29) is 5.84 Å². The van der Waals surface area contributed by atoms with Crippen LogP contribution in [0, 0.1) is 0 Å². The average molecular weight is 313 g/mol. The van der Waals surface area contributed by atoms with Gasteiger partial charge in [0.05, 0.1) is 16.1 Å². The smallest absolute Gasteiger partial charge is 0.361 e. The number of carbonyl (C=O) groups excluding carboxylic acids is 1. The molecule has 0 fully saturated rings. The van der Waals surface area contributed by atoms with Gasteiger partial charge in [-0.3, -0.25) is 4.68 Å². The predicted molar refractivity (Wildman–Crippen MR) is 77.7 cm³/mol. The van der Waals surface area contributed by atoms with Gasteiger partial charge in [-0.1, -0.05) is 22.8 Å². The highest BCUT2D eigenvalue weighted by Crippen LogP contribution is 2.19. The second kappa shape index (κ2) is 5.64. The van der Waals surface area contributed by atoms with Crippen LogP contribution >= 0.6 is 22.9 Å². The molecule has 8 heteroatoms. The van der Waals surface area contributed by atoms with Crippen LogP contribution < -0.4 is 5.73 Å². The standard InChI is InChI=1S/C12H13ClN4O2S/c1-12(2,17-7-8(13)6-15-17)11(18)19-16-10(14)9-4-3-5-20-9/h3-7H,1-2H3,(H2,14,16).